The zero-order valence-electron chi connectivity index (χ0n) is 20.5. The lowest BCUT2D eigenvalue weighted by atomic mass is 9.89. The number of rotatable bonds is 7. The molecule has 5 rings (SSSR count). The zero-order chi connectivity index (χ0) is 24.9. The van der Waals surface area contributed by atoms with E-state index >= 15 is 0 Å². The summed E-state index contributed by atoms with van der Waals surface area (Å²) in [4.78, 5) is 14.8. The van der Waals surface area contributed by atoms with Crippen LogP contribution in [0, 0.1) is 24.2 Å². The number of fused-ring (bicyclic) bond motifs is 1. The number of piperidine rings is 1. The number of benzene rings is 3. The summed E-state index contributed by atoms with van der Waals surface area (Å²) in [6.45, 7) is 3.98. The second-order valence-corrected chi connectivity index (χ2v) is 9.47. The van der Waals surface area contributed by atoms with Gasteiger partial charge in [0.05, 0.1) is 11.6 Å². The van der Waals surface area contributed by atoms with Gasteiger partial charge in [-0.1, -0.05) is 30.3 Å². The van der Waals surface area contributed by atoms with E-state index in [-0.39, 0.29) is 12.5 Å². The number of hydrogen-bond acceptors (Lipinski definition) is 5. The first kappa shape index (κ1) is 23.7. The average Bonchev–Trinajstić information content (AvgIpc) is 3.38. The summed E-state index contributed by atoms with van der Waals surface area (Å²) in [6.07, 6.45) is 4.14. The highest BCUT2D eigenvalue weighted by molar-refractivity contribution is 5.78. The molecule has 2 aliphatic rings. The Balaban J connectivity index is 1.11. The Morgan fingerprint density at radius 3 is 2.53 bits per heavy atom. The Morgan fingerprint density at radius 2 is 1.78 bits per heavy atom. The van der Waals surface area contributed by atoms with Gasteiger partial charge in [-0.25, -0.2) is 0 Å². The molecule has 0 aromatic heterocycles. The largest absolute Gasteiger partial charge is 0.483 e. The molecule has 6 nitrogen and oxygen atoms in total. The van der Waals surface area contributed by atoms with Crippen LogP contribution >= 0.6 is 0 Å². The SMILES string of the molecule is Cc1cc2c(cc1CCC1CCN(C(=O)COc3ccccc3-c3ccc(C#N)cc3)CC1)OCO2. The van der Waals surface area contributed by atoms with Crippen molar-refractivity contribution < 1.29 is 19.0 Å². The lowest BCUT2D eigenvalue weighted by Crippen LogP contribution is -2.41. The van der Waals surface area contributed by atoms with Crippen molar-refractivity contribution >= 4 is 5.91 Å². The fraction of sp³-hybridized carbons (Fsp3) is 0.333. The number of nitrogens with zero attached hydrogens (tertiary/aromatic N) is 2. The second-order valence-electron chi connectivity index (χ2n) is 9.47. The maximum atomic E-state index is 12.9. The van der Waals surface area contributed by atoms with Crippen molar-refractivity contribution in [3.05, 3.63) is 77.4 Å². The molecule has 3 aromatic carbocycles. The maximum absolute atomic E-state index is 12.9. The molecule has 2 aliphatic heterocycles. The highest BCUT2D eigenvalue weighted by Crippen LogP contribution is 2.36. The normalized spacial score (nSPS) is 14.9. The first-order chi connectivity index (χ1) is 17.6. The van der Waals surface area contributed by atoms with Crippen molar-refractivity contribution in [2.75, 3.05) is 26.5 Å². The van der Waals surface area contributed by atoms with E-state index in [0.29, 0.717) is 24.0 Å². The lowest BCUT2D eigenvalue weighted by molar-refractivity contribution is -0.134. The van der Waals surface area contributed by atoms with E-state index in [0.717, 1.165) is 61.4 Å². The van der Waals surface area contributed by atoms with Gasteiger partial charge in [0, 0.05) is 18.7 Å². The summed E-state index contributed by atoms with van der Waals surface area (Å²) in [5, 5.41) is 9.04. The molecule has 0 aliphatic carbocycles. The monoisotopic (exact) mass is 482 g/mol. The maximum Gasteiger partial charge on any atom is 0.260 e. The van der Waals surface area contributed by atoms with Crippen LogP contribution in [-0.2, 0) is 11.2 Å². The first-order valence-corrected chi connectivity index (χ1v) is 12.5. The van der Waals surface area contributed by atoms with Crippen molar-refractivity contribution in [2.24, 2.45) is 5.92 Å². The minimum absolute atomic E-state index is 0.0222. The molecule has 36 heavy (non-hydrogen) atoms. The third-order valence-corrected chi connectivity index (χ3v) is 7.18. The number of ether oxygens (including phenoxy) is 3. The average molecular weight is 483 g/mol. The van der Waals surface area contributed by atoms with Gasteiger partial charge in [0.2, 0.25) is 6.79 Å². The summed E-state index contributed by atoms with van der Waals surface area (Å²) in [5.41, 5.74) is 5.03. The number of hydrogen-bond donors (Lipinski definition) is 0. The van der Waals surface area contributed by atoms with Gasteiger partial charge in [-0.15, -0.1) is 0 Å². The van der Waals surface area contributed by atoms with Crippen LogP contribution in [0.5, 0.6) is 17.2 Å². The van der Waals surface area contributed by atoms with E-state index in [4.69, 9.17) is 19.5 Å². The van der Waals surface area contributed by atoms with Crippen LogP contribution in [0.15, 0.2) is 60.7 Å². The molecule has 0 saturated carbocycles. The Hall–Kier alpha value is -3.98. The van der Waals surface area contributed by atoms with Gasteiger partial charge in [0.15, 0.2) is 18.1 Å². The zero-order valence-corrected chi connectivity index (χ0v) is 20.5. The van der Waals surface area contributed by atoms with E-state index in [9.17, 15) is 4.79 Å². The fourth-order valence-corrected chi connectivity index (χ4v) is 4.97. The molecular weight excluding hydrogens is 452 g/mol. The van der Waals surface area contributed by atoms with Crippen molar-refractivity contribution in [3.63, 3.8) is 0 Å². The number of carbonyl (C=O) groups excluding carboxylic acids is 1. The smallest absolute Gasteiger partial charge is 0.260 e. The molecule has 0 radical (unpaired) electrons. The highest BCUT2D eigenvalue weighted by Gasteiger charge is 2.24. The van der Waals surface area contributed by atoms with Crippen LogP contribution in [-0.4, -0.2) is 37.3 Å². The van der Waals surface area contributed by atoms with E-state index in [1.54, 1.807) is 12.1 Å². The van der Waals surface area contributed by atoms with Gasteiger partial charge in [-0.2, -0.15) is 5.26 Å². The molecule has 3 aromatic rings. The van der Waals surface area contributed by atoms with Crippen molar-refractivity contribution in [3.8, 4) is 34.4 Å². The summed E-state index contributed by atoms with van der Waals surface area (Å²) >= 11 is 0. The van der Waals surface area contributed by atoms with Crippen LogP contribution < -0.4 is 14.2 Å². The molecule has 0 N–H and O–H groups in total. The summed E-state index contributed by atoms with van der Waals surface area (Å²) in [6, 6.07) is 21.4. The Labute approximate surface area is 212 Å². The molecule has 1 fully saturated rings. The fourth-order valence-electron chi connectivity index (χ4n) is 4.97. The van der Waals surface area contributed by atoms with Gasteiger partial charge in [0.1, 0.15) is 5.75 Å². The number of para-hydroxylation sites is 1. The van der Waals surface area contributed by atoms with Crippen LogP contribution in [0.4, 0.5) is 0 Å². The Morgan fingerprint density at radius 1 is 1.06 bits per heavy atom. The van der Waals surface area contributed by atoms with Gasteiger partial charge in [0.25, 0.3) is 5.91 Å². The predicted molar refractivity (Wildman–Crippen MR) is 137 cm³/mol. The second kappa shape index (κ2) is 10.7. The third-order valence-electron chi connectivity index (χ3n) is 7.18. The van der Waals surface area contributed by atoms with Crippen LogP contribution in [0.3, 0.4) is 0 Å². The Kier molecular flexibility index (Phi) is 7.08. The quantitative estimate of drug-likeness (QED) is 0.444. The minimum Gasteiger partial charge on any atom is -0.483 e. The third kappa shape index (κ3) is 5.31. The molecule has 0 atom stereocenters. The molecule has 0 unspecified atom stereocenters. The number of aryl methyl sites for hydroxylation is 2. The van der Waals surface area contributed by atoms with Gasteiger partial charge < -0.3 is 19.1 Å². The van der Waals surface area contributed by atoms with Crippen LogP contribution in [0.1, 0.15) is 36.0 Å². The van der Waals surface area contributed by atoms with Crippen molar-refractivity contribution in [1.82, 2.24) is 4.90 Å². The number of nitriles is 1. The van der Waals surface area contributed by atoms with E-state index in [2.05, 4.69) is 25.1 Å². The van der Waals surface area contributed by atoms with Crippen molar-refractivity contribution in [1.29, 1.82) is 5.26 Å². The molecule has 184 valence electrons. The predicted octanol–water partition coefficient (Wildman–Crippen LogP) is 5.51. The summed E-state index contributed by atoms with van der Waals surface area (Å²) < 4.78 is 17.0. The first-order valence-electron chi connectivity index (χ1n) is 12.5. The standard InChI is InChI=1S/C30H30N2O4/c1-21-16-28-29(36-20-35-28)17-25(21)11-6-22-12-14-32(15-13-22)30(33)19-34-27-5-3-2-4-26(27)24-9-7-23(18-31)8-10-24/h2-5,7-10,16-17,22H,6,11-15,19-20H2,1H3. The van der Waals surface area contributed by atoms with Gasteiger partial charge in [-0.3, -0.25) is 4.79 Å². The lowest BCUT2D eigenvalue weighted by Gasteiger charge is -2.32. The summed E-state index contributed by atoms with van der Waals surface area (Å²) in [5.74, 6) is 2.98. The Bertz CT molecular complexity index is 1270. The minimum atomic E-state index is 0.0222. The molecule has 0 bridgehead atoms. The van der Waals surface area contributed by atoms with E-state index in [1.165, 1.54) is 11.1 Å². The molecule has 1 saturated heterocycles. The van der Waals surface area contributed by atoms with Crippen LogP contribution in [0.25, 0.3) is 11.1 Å². The molecule has 6 heteroatoms. The number of likely N-dealkylation sites (tertiary alicyclic amines) is 1. The highest BCUT2D eigenvalue weighted by atomic mass is 16.7. The molecule has 2 heterocycles. The molecular formula is C30H30N2O4. The van der Waals surface area contributed by atoms with E-state index in [1.807, 2.05) is 41.3 Å². The van der Waals surface area contributed by atoms with Gasteiger partial charge >= 0.3 is 0 Å². The number of amides is 1. The summed E-state index contributed by atoms with van der Waals surface area (Å²) in [7, 11) is 0. The van der Waals surface area contributed by atoms with Gasteiger partial charge in [-0.05, 0) is 85.5 Å². The van der Waals surface area contributed by atoms with E-state index < -0.39 is 0 Å². The van der Waals surface area contributed by atoms with Crippen molar-refractivity contribution in [2.45, 2.75) is 32.6 Å². The van der Waals surface area contributed by atoms with Crippen LogP contribution in [0.2, 0.25) is 0 Å². The number of carbonyl (C=O) groups is 1. The topological polar surface area (TPSA) is 71.8 Å². The molecule has 0 spiro atoms. The molecule has 1 amide bonds.